The number of ether oxygens (including phenoxy) is 1. The molecule has 8 heteroatoms. The van der Waals surface area contributed by atoms with Gasteiger partial charge in [-0.05, 0) is 80.3 Å². The molecule has 2 saturated carbocycles. The molecule has 8 nitrogen and oxygen atoms in total. The summed E-state index contributed by atoms with van der Waals surface area (Å²) in [5.41, 5.74) is 12.4. The Bertz CT molecular complexity index is 1680. The summed E-state index contributed by atoms with van der Waals surface area (Å²) in [6, 6.07) is 13.0. The van der Waals surface area contributed by atoms with Crippen LogP contribution in [0.3, 0.4) is 0 Å². The average molecular weight is 583 g/mol. The van der Waals surface area contributed by atoms with Crippen LogP contribution in [0.5, 0.6) is 5.75 Å². The molecule has 43 heavy (non-hydrogen) atoms. The fraction of sp³-hybridized carbons (Fsp3) is 0.543. The van der Waals surface area contributed by atoms with Gasteiger partial charge in [0.1, 0.15) is 11.3 Å². The van der Waals surface area contributed by atoms with Gasteiger partial charge in [-0.25, -0.2) is 4.98 Å². The predicted octanol–water partition coefficient (Wildman–Crippen LogP) is 6.05. The molecule has 0 spiro atoms. The molecule has 0 unspecified atom stereocenters. The molecule has 1 amide bonds. The fourth-order valence-electron chi connectivity index (χ4n) is 7.14. The van der Waals surface area contributed by atoms with E-state index in [1.165, 1.54) is 48.7 Å². The lowest BCUT2D eigenvalue weighted by atomic mass is 9.98. The van der Waals surface area contributed by atoms with E-state index >= 15 is 0 Å². The maximum Gasteiger partial charge on any atom is 0.254 e. The Labute approximate surface area is 254 Å². The largest absolute Gasteiger partial charge is 0.494 e. The Kier molecular flexibility index (Phi) is 7.15. The molecule has 0 radical (unpaired) electrons. The van der Waals surface area contributed by atoms with Gasteiger partial charge in [-0.2, -0.15) is 0 Å². The molecular weight excluding hydrogens is 536 g/mol. The number of hydrogen-bond acceptors (Lipinski definition) is 5. The number of rotatable bonds is 10. The third-order valence-corrected chi connectivity index (χ3v) is 10.5. The van der Waals surface area contributed by atoms with Crippen molar-refractivity contribution in [1.29, 1.82) is 0 Å². The van der Waals surface area contributed by atoms with Gasteiger partial charge in [0, 0.05) is 68.0 Å². The summed E-state index contributed by atoms with van der Waals surface area (Å²) in [4.78, 5) is 23.3. The molecule has 4 aromatic rings. The van der Waals surface area contributed by atoms with Crippen molar-refractivity contribution in [3.05, 3.63) is 42.0 Å². The van der Waals surface area contributed by atoms with Crippen molar-refractivity contribution in [1.82, 2.24) is 19.0 Å². The normalized spacial score (nSPS) is 22.2. The zero-order valence-electron chi connectivity index (χ0n) is 26.3. The summed E-state index contributed by atoms with van der Waals surface area (Å²) in [6.07, 6.45) is 7.58. The summed E-state index contributed by atoms with van der Waals surface area (Å²) in [5, 5.41) is 1.24. The lowest BCUT2D eigenvalue weighted by Gasteiger charge is -2.23. The van der Waals surface area contributed by atoms with Crippen LogP contribution in [0, 0.1) is 17.8 Å². The molecule has 3 atom stereocenters. The number of aryl methyl sites for hydroxylation is 1. The maximum atomic E-state index is 13.8. The number of likely N-dealkylation sites (tertiary alicyclic amines) is 1. The highest BCUT2D eigenvalue weighted by Gasteiger charge is 2.39. The quantitative estimate of drug-likeness (QED) is 0.246. The van der Waals surface area contributed by atoms with Gasteiger partial charge in [-0.3, -0.25) is 4.79 Å². The van der Waals surface area contributed by atoms with Gasteiger partial charge in [-0.1, -0.05) is 26.2 Å². The Morgan fingerprint density at radius 3 is 2.56 bits per heavy atom. The number of nitrogens with two attached hydrogens (primary N) is 1. The van der Waals surface area contributed by atoms with Gasteiger partial charge in [0.2, 0.25) is 0 Å². The summed E-state index contributed by atoms with van der Waals surface area (Å²) in [6.45, 7) is 6.98. The monoisotopic (exact) mass is 582 g/mol. The number of carbonyl (C=O) groups excluding carboxylic acids is 1. The van der Waals surface area contributed by atoms with E-state index in [1.807, 2.05) is 17.0 Å². The second-order valence-electron chi connectivity index (χ2n) is 13.5. The van der Waals surface area contributed by atoms with Crippen LogP contribution in [-0.2, 0) is 13.6 Å². The minimum Gasteiger partial charge on any atom is -0.494 e. The van der Waals surface area contributed by atoms with Crippen LogP contribution in [0.1, 0.15) is 62.7 Å². The molecular formula is C35H46N6O2. The van der Waals surface area contributed by atoms with Gasteiger partial charge >= 0.3 is 0 Å². The first-order chi connectivity index (χ1) is 20.8. The molecule has 2 aliphatic carbocycles. The van der Waals surface area contributed by atoms with Gasteiger partial charge in [0.15, 0.2) is 5.82 Å². The minimum atomic E-state index is -0.00696. The molecule has 2 aromatic carbocycles. The Hall–Kier alpha value is -3.52. The third-order valence-electron chi connectivity index (χ3n) is 10.5. The van der Waals surface area contributed by atoms with E-state index < -0.39 is 0 Å². The summed E-state index contributed by atoms with van der Waals surface area (Å²) >= 11 is 0. The number of carbonyl (C=O) groups is 1. The van der Waals surface area contributed by atoms with E-state index in [-0.39, 0.29) is 18.0 Å². The van der Waals surface area contributed by atoms with Crippen molar-refractivity contribution in [2.75, 3.05) is 32.1 Å². The van der Waals surface area contributed by atoms with E-state index in [4.69, 9.17) is 15.5 Å². The topological polar surface area (TPSA) is 81.6 Å². The standard InChI is InChI=1S/C35H46N6O2/c1-6-24-20-40(21(2)32(24)36)35(42)26-16-28-33(31(18-26)43-5)39(4)34(37-28)30-17-25-15-27(38(3)14-13-22-7-8-22)11-12-29(25)41(30)19-23-9-10-23/h11-12,15-18,21-24,32H,6-10,13-14,19-20,36H2,1-5H3/t21-,24-,32-/m1/s1. The van der Waals surface area contributed by atoms with Gasteiger partial charge in [0.25, 0.3) is 5.91 Å². The van der Waals surface area contributed by atoms with Crippen LogP contribution in [0.15, 0.2) is 36.4 Å². The number of anilines is 1. The SMILES string of the molecule is CC[C@@H]1CN(C(=O)c2cc(OC)c3c(c2)nc(-c2cc4cc(N(C)CCC5CC5)ccc4n2CC2CC2)n3C)[C@H](C)[C@H]1N. The lowest BCUT2D eigenvalue weighted by molar-refractivity contribution is 0.0739. The molecule has 1 saturated heterocycles. The first-order valence-corrected chi connectivity index (χ1v) is 16.2. The van der Waals surface area contributed by atoms with Crippen molar-refractivity contribution in [3.63, 3.8) is 0 Å². The van der Waals surface area contributed by atoms with Crippen molar-refractivity contribution in [3.8, 4) is 17.3 Å². The van der Waals surface area contributed by atoms with E-state index in [0.29, 0.717) is 29.7 Å². The van der Waals surface area contributed by atoms with E-state index in [2.05, 4.69) is 66.2 Å². The number of benzene rings is 2. The number of nitrogens with zero attached hydrogens (tertiary/aromatic N) is 5. The van der Waals surface area contributed by atoms with Crippen molar-refractivity contribution >= 4 is 33.5 Å². The number of hydrogen-bond donors (Lipinski definition) is 1. The summed E-state index contributed by atoms with van der Waals surface area (Å²) in [5.74, 6) is 3.50. The Morgan fingerprint density at radius 2 is 1.88 bits per heavy atom. The third kappa shape index (κ3) is 5.07. The fourth-order valence-corrected chi connectivity index (χ4v) is 7.14. The highest BCUT2D eigenvalue weighted by atomic mass is 16.5. The van der Waals surface area contributed by atoms with E-state index in [1.54, 1.807) is 7.11 Å². The maximum absolute atomic E-state index is 13.8. The number of fused-ring (bicyclic) bond motifs is 2. The minimum absolute atomic E-state index is 0.00536. The van der Waals surface area contributed by atoms with Gasteiger partial charge in [-0.15, -0.1) is 0 Å². The molecule has 7 rings (SSSR count). The first-order valence-electron chi connectivity index (χ1n) is 16.2. The van der Waals surface area contributed by atoms with Crippen LogP contribution < -0.4 is 15.4 Å². The van der Waals surface area contributed by atoms with Crippen LogP contribution in [0.25, 0.3) is 33.5 Å². The number of aromatic nitrogens is 3. The Balaban J connectivity index is 1.28. The average Bonchev–Trinajstić information content (AvgIpc) is 3.94. The highest BCUT2D eigenvalue weighted by molar-refractivity contribution is 6.00. The molecule has 228 valence electrons. The number of amides is 1. The summed E-state index contributed by atoms with van der Waals surface area (Å²) < 4.78 is 10.5. The number of methoxy groups -OCH3 is 1. The van der Waals surface area contributed by atoms with Crippen LogP contribution >= 0.6 is 0 Å². The van der Waals surface area contributed by atoms with E-state index in [9.17, 15) is 4.79 Å². The zero-order valence-corrected chi connectivity index (χ0v) is 26.3. The first kappa shape index (κ1) is 28.3. The second kappa shape index (κ2) is 10.9. The Morgan fingerprint density at radius 1 is 1.12 bits per heavy atom. The van der Waals surface area contributed by atoms with Crippen LogP contribution in [-0.4, -0.2) is 64.3 Å². The van der Waals surface area contributed by atoms with E-state index in [0.717, 1.165) is 48.0 Å². The molecule has 2 aromatic heterocycles. The van der Waals surface area contributed by atoms with Crippen molar-refractivity contribution < 1.29 is 9.53 Å². The molecule has 0 bridgehead atoms. The zero-order chi connectivity index (χ0) is 30.0. The smallest absolute Gasteiger partial charge is 0.254 e. The molecule has 3 heterocycles. The summed E-state index contributed by atoms with van der Waals surface area (Å²) in [7, 11) is 5.93. The number of imidazole rings is 1. The second-order valence-corrected chi connectivity index (χ2v) is 13.5. The lowest BCUT2D eigenvalue weighted by Crippen LogP contribution is -2.41. The van der Waals surface area contributed by atoms with Crippen LogP contribution in [0.2, 0.25) is 0 Å². The molecule has 1 aliphatic heterocycles. The van der Waals surface area contributed by atoms with Crippen molar-refractivity contribution in [2.45, 2.75) is 71.0 Å². The highest BCUT2D eigenvalue weighted by Crippen LogP contribution is 2.39. The van der Waals surface area contributed by atoms with Crippen LogP contribution in [0.4, 0.5) is 5.69 Å². The molecule has 3 aliphatic rings. The molecule has 2 N–H and O–H groups in total. The molecule has 3 fully saturated rings. The van der Waals surface area contributed by atoms with Gasteiger partial charge < -0.3 is 29.4 Å². The van der Waals surface area contributed by atoms with Gasteiger partial charge in [0.05, 0.1) is 18.3 Å². The predicted molar refractivity (Wildman–Crippen MR) is 174 cm³/mol. The van der Waals surface area contributed by atoms with Crippen molar-refractivity contribution in [2.24, 2.45) is 30.5 Å².